The molecule has 2 amide bonds. The molecule has 0 fully saturated rings. The van der Waals surface area contributed by atoms with Gasteiger partial charge in [-0.2, -0.15) is 0 Å². The highest BCUT2D eigenvalue weighted by Crippen LogP contribution is 2.41. The number of carbonyl (C=O) groups is 3. The van der Waals surface area contributed by atoms with E-state index in [-0.39, 0.29) is 18.9 Å². The molecule has 1 aromatic heterocycles. The largest absolute Gasteiger partial charge is 0.467 e. The van der Waals surface area contributed by atoms with E-state index in [1.807, 2.05) is 68.4 Å². The molecule has 3 N–H and O–H groups in total. The van der Waals surface area contributed by atoms with Crippen LogP contribution in [-0.2, 0) is 32.1 Å². The number of hydrogen-bond acceptors (Lipinski definition) is 5. The van der Waals surface area contributed by atoms with Gasteiger partial charge in [0, 0.05) is 17.3 Å². The minimum absolute atomic E-state index is 0.0723. The van der Waals surface area contributed by atoms with Crippen molar-refractivity contribution in [1.29, 1.82) is 0 Å². The lowest BCUT2D eigenvalue weighted by Gasteiger charge is -2.38. The van der Waals surface area contributed by atoms with Crippen LogP contribution in [0.3, 0.4) is 0 Å². The van der Waals surface area contributed by atoms with Crippen LogP contribution in [0.25, 0.3) is 10.9 Å². The summed E-state index contributed by atoms with van der Waals surface area (Å²) in [5, 5.41) is 6.45. The van der Waals surface area contributed by atoms with Crippen LogP contribution in [0.4, 0.5) is 4.79 Å². The van der Waals surface area contributed by atoms with E-state index in [4.69, 9.17) is 9.47 Å². The molecule has 0 radical (unpaired) electrons. The van der Waals surface area contributed by atoms with Gasteiger partial charge in [0.25, 0.3) is 0 Å². The highest BCUT2D eigenvalue weighted by molar-refractivity contribution is 6.90. The summed E-state index contributed by atoms with van der Waals surface area (Å²) in [6.07, 6.45) is -0.556. The summed E-state index contributed by atoms with van der Waals surface area (Å²) in [6.45, 7) is 17.3. The van der Waals surface area contributed by atoms with E-state index >= 15 is 0 Å². The number of methoxy groups -OCH3 is 1. The fourth-order valence-electron chi connectivity index (χ4n) is 6.35. The summed E-state index contributed by atoms with van der Waals surface area (Å²) < 4.78 is 10.5. The molecule has 45 heavy (non-hydrogen) atoms. The number of benzene rings is 2. The Morgan fingerprint density at radius 1 is 0.844 bits per heavy atom. The molecule has 0 unspecified atom stereocenters. The van der Waals surface area contributed by atoms with E-state index in [1.165, 1.54) is 7.11 Å². The third-order valence-electron chi connectivity index (χ3n) is 8.73. The second-order valence-corrected chi connectivity index (χ2v) is 18.5. The number of carbonyl (C=O) groups excluding carboxylic acids is 3. The first-order valence-corrected chi connectivity index (χ1v) is 18.0. The predicted octanol–water partition coefficient (Wildman–Crippen LogP) is 6.89. The minimum atomic E-state index is -2.04. The topological polar surface area (TPSA) is 110 Å². The zero-order valence-electron chi connectivity index (χ0n) is 28.1. The summed E-state index contributed by atoms with van der Waals surface area (Å²) in [6, 6.07) is 15.2. The molecule has 3 aromatic rings. The molecule has 2 atom stereocenters. The summed E-state index contributed by atoms with van der Waals surface area (Å²) in [7, 11) is -0.748. The van der Waals surface area contributed by atoms with Gasteiger partial charge in [-0.25, -0.2) is 9.59 Å². The molecule has 2 aromatic carbocycles. The second-order valence-electron chi connectivity index (χ2n) is 12.9. The monoisotopic (exact) mass is 631 g/mol. The van der Waals surface area contributed by atoms with E-state index in [0.717, 1.165) is 27.7 Å². The summed E-state index contributed by atoms with van der Waals surface area (Å²) in [5.74, 6) is 2.15. The Labute approximate surface area is 269 Å². The lowest BCUT2D eigenvalue weighted by atomic mass is 10.00. The van der Waals surface area contributed by atoms with Crippen molar-refractivity contribution in [3.05, 3.63) is 71.4 Å². The number of amides is 2. The highest BCUT2D eigenvalue weighted by atomic mass is 28.3. The zero-order valence-corrected chi connectivity index (χ0v) is 29.1. The lowest BCUT2D eigenvalue weighted by Crippen LogP contribution is -2.54. The fraction of sp³-hybridized carbons (Fsp3) is 0.472. The summed E-state index contributed by atoms with van der Waals surface area (Å²) in [5.41, 5.74) is 8.46. The molecule has 0 aliphatic rings. The van der Waals surface area contributed by atoms with Crippen molar-refractivity contribution in [3.8, 4) is 11.5 Å². The van der Waals surface area contributed by atoms with Crippen LogP contribution < -0.4 is 10.6 Å². The van der Waals surface area contributed by atoms with Gasteiger partial charge in [0.1, 0.15) is 26.8 Å². The molecule has 0 bridgehead atoms. The molecule has 0 spiro atoms. The van der Waals surface area contributed by atoms with Crippen molar-refractivity contribution >= 4 is 36.9 Å². The normalized spacial score (nSPS) is 13.0. The Morgan fingerprint density at radius 2 is 1.44 bits per heavy atom. The van der Waals surface area contributed by atoms with E-state index < -0.39 is 38.1 Å². The number of hydrogen-bond donors (Lipinski definition) is 3. The number of rotatable bonds is 12. The number of alkyl carbamates (subject to hydrolysis) is 1. The van der Waals surface area contributed by atoms with Crippen molar-refractivity contribution in [2.45, 2.75) is 97.1 Å². The SMILES string of the molecule is COC(=O)[C@H](Cc1c(C#C[Si](C(C)C)(C(C)C)C(C)C)[nH]c2ccccc12)NC(=O)[C@@H](NC(=O)OCc1ccccc1)C(C)C. The van der Waals surface area contributed by atoms with E-state index in [0.29, 0.717) is 16.6 Å². The number of nitrogens with one attached hydrogen (secondary N) is 3. The van der Waals surface area contributed by atoms with Gasteiger partial charge in [-0.3, -0.25) is 4.79 Å². The Kier molecular flexibility index (Phi) is 12.4. The van der Waals surface area contributed by atoms with Gasteiger partial charge in [0.15, 0.2) is 0 Å². The number of aromatic nitrogens is 1. The molecule has 0 saturated carbocycles. The molecule has 9 heteroatoms. The standard InChI is InChI=1S/C36H49N3O5Si/c1-23(2)33(39-36(42)44-22-27-15-11-10-12-16-27)34(40)38-32(35(41)43-9)21-29-28-17-13-14-18-30(28)37-31(29)19-20-45(24(3)4,25(5)6)26(7)8/h10-18,23-26,32-33,37H,21-22H2,1-9H3,(H,38,40)(H,39,42)/t32-,33-/m0/s1. The molecule has 242 valence electrons. The number of para-hydroxylation sites is 1. The van der Waals surface area contributed by atoms with Gasteiger partial charge in [-0.05, 0) is 39.7 Å². The summed E-state index contributed by atoms with van der Waals surface area (Å²) in [4.78, 5) is 42.8. The molecule has 0 aliphatic heterocycles. The molecular weight excluding hydrogens is 582 g/mol. The van der Waals surface area contributed by atoms with Gasteiger partial charge in [-0.15, -0.1) is 5.54 Å². The number of esters is 1. The van der Waals surface area contributed by atoms with Crippen LogP contribution >= 0.6 is 0 Å². The third kappa shape index (κ3) is 8.57. The maximum atomic E-state index is 13.6. The van der Waals surface area contributed by atoms with Crippen molar-refractivity contribution in [2.24, 2.45) is 5.92 Å². The maximum absolute atomic E-state index is 13.6. The molecule has 0 aliphatic carbocycles. The first-order chi connectivity index (χ1) is 21.3. The Bertz CT molecular complexity index is 1500. The number of fused-ring (bicyclic) bond motifs is 1. The van der Waals surface area contributed by atoms with Crippen LogP contribution in [0.2, 0.25) is 16.6 Å². The first-order valence-electron chi connectivity index (χ1n) is 15.8. The minimum Gasteiger partial charge on any atom is -0.467 e. The van der Waals surface area contributed by atoms with Crippen LogP contribution in [0, 0.1) is 17.4 Å². The van der Waals surface area contributed by atoms with E-state index in [9.17, 15) is 14.4 Å². The number of aromatic amines is 1. The molecule has 8 nitrogen and oxygen atoms in total. The zero-order chi connectivity index (χ0) is 33.3. The van der Waals surface area contributed by atoms with Crippen LogP contribution in [0.1, 0.15) is 72.2 Å². The van der Waals surface area contributed by atoms with Crippen molar-refractivity contribution in [2.75, 3.05) is 7.11 Å². The van der Waals surface area contributed by atoms with E-state index in [2.05, 4.69) is 68.6 Å². The third-order valence-corrected chi connectivity index (χ3v) is 15.0. The highest BCUT2D eigenvalue weighted by Gasteiger charge is 2.42. The van der Waals surface area contributed by atoms with Gasteiger partial charge >= 0.3 is 12.1 Å². The van der Waals surface area contributed by atoms with Gasteiger partial charge in [0.2, 0.25) is 5.91 Å². The van der Waals surface area contributed by atoms with Crippen LogP contribution in [0.15, 0.2) is 54.6 Å². The quantitative estimate of drug-likeness (QED) is 0.115. The average Bonchev–Trinajstić information content (AvgIpc) is 3.35. The van der Waals surface area contributed by atoms with Crippen LogP contribution in [0.5, 0.6) is 0 Å². The molecule has 0 saturated heterocycles. The molecule has 1 heterocycles. The second kappa shape index (κ2) is 15.8. The lowest BCUT2D eigenvalue weighted by molar-refractivity contribution is -0.145. The average molecular weight is 632 g/mol. The van der Waals surface area contributed by atoms with Gasteiger partial charge in [-0.1, -0.05) is 110 Å². The van der Waals surface area contributed by atoms with Crippen molar-refractivity contribution < 1.29 is 23.9 Å². The number of H-pyrrole nitrogens is 1. The maximum Gasteiger partial charge on any atom is 0.408 e. The molecule has 3 rings (SSSR count). The predicted molar refractivity (Wildman–Crippen MR) is 182 cm³/mol. The summed E-state index contributed by atoms with van der Waals surface area (Å²) >= 11 is 0. The van der Waals surface area contributed by atoms with Gasteiger partial charge < -0.3 is 25.1 Å². The van der Waals surface area contributed by atoms with Crippen molar-refractivity contribution in [3.63, 3.8) is 0 Å². The Balaban J connectivity index is 1.92. The Hall–Kier alpha value is -4.03. The fourth-order valence-corrected chi connectivity index (χ4v) is 11.6. The number of ether oxygens (including phenoxy) is 2. The first kappa shape index (κ1) is 35.4. The van der Waals surface area contributed by atoms with Gasteiger partial charge in [0.05, 0.1) is 12.8 Å². The smallest absolute Gasteiger partial charge is 0.408 e. The van der Waals surface area contributed by atoms with E-state index in [1.54, 1.807) is 0 Å². The molecular formula is C36H49N3O5Si. The van der Waals surface area contributed by atoms with Crippen molar-refractivity contribution in [1.82, 2.24) is 15.6 Å². The van der Waals surface area contributed by atoms with Crippen LogP contribution in [-0.4, -0.2) is 50.2 Å². The Morgan fingerprint density at radius 3 is 2.02 bits per heavy atom.